The van der Waals surface area contributed by atoms with Crippen molar-refractivity contribution >= 4 is 23.4 Å². The lowest BCUT2D eigenvalue weighted by Gasteiger charge is -2.59. The van der Waals surface area contributed by atoms with Crippen LogP contribution in [-0.4, -0.2) is 45.8 Å². The maximum absolute atomic E-state index is 12.5. The van der Waals surface area contributed by atoms with Crippen molar-refractivity contribution in [2.45, 2.75) is 83.8 Å². The van der Waals surface area contributed by atoms with E-state index in [0.29, 0.717) is 29.7 Å². The lowest BCUT2D eigenvalue weighted by Crippen LogP contribution is -2.57. The Labute approximate surface area is 229 Å². The van der Waals surface area contributed by atoms with Crippen LogP contribution in [0.15, 0.2) is 47.1 Å². The topological polar surface area (TPSA) is 125 Å². The number of carbonyl (C=O) groups is 3. The summed E-state index contributed by atoms with van der Waals surface area (Å²) in [7, 11) is 0. The van der Waals surface area contributed by atoms with E-state index in [1.54, 1.807) is 37.3 Å². The number of rotatable bonds is 7. The Kier molecular flexibility index (Phi) is 7.20. The molecule has 8 nitrogen and oxygen atoms in total. The summed E-state index contributed by atoms with van der Waals surface area (Å²) in [5, 5.41) is 27.6. The van der Waals surface area contributed by atoms with Gasteiger partial charge in [-0.05, 0) is 93.1 Å². The van der Waals surface area contributed by atoms with E-state index in [9.17, 15) is 24.6 Å². The molecule has 3 N–H and O–H groups in total. The lowest BCUT2D eigenvalue weighted by atomic mass is 9.46. The number of carbonyl (C=O) groups excluding carboxylic acids is 2. The number of hydrogen-bond donors (Lipinski definition) is 3. The van der Waals surface area contributed by atoms with Crippen LogP contribution < -0.4 is 5.32 Å². The van der Waals surface area contributed by atoms with Crippen LogP contribution in [0.2, 0.25) is 0 Å². The summed E-state index contributed by atoms with van der Waals surface area (Å²) in [6.45, 7) is 5.70. The summed E-state index contributed by atoms with van der Waals surface area (Å²) in [5.74, 6) is -0.380. The van der Waals surface area contributed by atoms with Gasteiger partial charge in [-0.25, -0.2) is 4.79 Å². The Morgan fingerprint density at radius 1 is 1.05 bits per heavy atom. The highest BCUT2D eigenvalue weighted by Gasteiger charge is 2.65. The van der Waals surface area contributed by atoms with E-state index in [0.717, 1.165) is 50.7 Å². The van der Waals surface area contributed by atoms with Crippen LogP contribution in [0, 0.1) is 28.6 Å². The monoisotopic (exact) mass is 536 g/mol. The van der Waals surface area contributed by atoms with Crippen LogP contribution in [-0.2, 0) is 19.2 Å². The number of carboxylic acid groups (broad SMARTS) is 1. The largest absolute Gasteiger partial charge is 0.479 e. The standard InChI is InChI=1S/C31H40N2O6/c1-19(34)31(38)16-13-25-23-10-9-21-17-22(11-14-29(21,2)24(23)12-15-30(25,31)3)33-39-18-26(35)32-27(28(36)37)20-7-5-4-6-8-20/h4-8,17,23-25,27,38H,9-16,18H2,1-3H3,(H,32,35)(H,36,37)/t23-,24+,25+,27-,29+,30+,31+/m1/s1. The minimum Gasteiger partial charge on any atom is -0.479 e. The molecule has 0 spiro atoms. The first kappa shape index (κ1) is 27.6. The zero-order chi connectivity index (χ0) is 28.0. The SMILES string of the molecule is CC(=O)[C@@]1(O)CC[C@H]2[C@@H]3CCC4=CC(=NOCC(=O)N[C@@H](C(=O)O)c5ccccc5)CC[C@]4(C)[C@H]3CC[C@@]21C. The number of aliphatic carboxylic acids is 1. The molecule has 3 fully saturated rings. The molecule has 3 saturated carbocycles. The Morgan fingerprint density at radius 2 is 1.77 bits per heavy atom. The van der Waals surface area contributed by atoms with Gasteiger partial charge in [-0.2, -0.15) is 0 Å². The molecular formula is C31H40N2O6. The fraction of sp³-hybridized carbons (Fsp3) is 0.613. The van der Waals surface area contributed by atoms with Crippen LogP contribution in [0.4, 0.5) is 0 Å². The number of nitrogens with zero attached hydrogens (tertiary/aromatic N) is 1. The molecule has 0 heterocycles. The molecular weight excluding hydrogens is 496 g/mol. The minimum absolute atomic E-state index is 0.0575. The van der Waals surface area contributed by atoms with Gasteiger partial charge in [0.05, 0.1) is 5.71 Å². The molecule has 4 aliphatic carbocycles. The van der Waals surface area contributed by atoms with Gasteiger partial charge in [-0.15, -0.1) is 0 Å². The van der Waals surface area contributed by atoms with Gasteiger partial charge in [-0.3, -0.25) is 9.59 Å². The van der Waals surface area contributed by atoms with Crippen LogP contribution in [0.1, 0.15) is 83.7 Å². The van der Waals surface area contributed by atoms with Gasteiger partial charge in [0.15, 0.2) is 18.4 Å². The van der Waals surface area contributed by atoms with Gasteiger partial charge >= 0.3 is 5.97 Å². The van der Waals surface area contributed by atoms with E-state index in [2.05, 4.69) is 30.4 Å². The second-order valence-electron chi connectivity index (χ2n) is 12.5. The van der Waals surface area contributed by atoms with Gasteiger partial charge in [0.25, 0.3) is 5.91 Å². The quantitative estimate of drug-likeness (QED) is 0.438. The third kappa shape index (κ3) is 4.60. The smallest absolute Gasteiger partial charge is 0.330 e. The first-order valence-corrected chi connectivity index (χ1v) is 14.2. The van der Waals surface area contributed by atoms with Crippen molar-refractivity contribution in [3.63, 3.8) is 0 Å². The third-order valence-electron chi connectivity index (χ3n) is 10.8. The number of allylic oxidation sites excluding steroid dienone is 2. The number of aliphatic hydroxyl groups is 1. The summed E-state index contributed by atoms with van der Waals surface area (Å²) >= 11 is 0. The van der Waals surface area contributed by atoms with Crippen LogP contribution in [0.3, 0.4) is 0 Å². The maximum atomic E-state index is 12.5. The van der Waals surface area contributed by atoms with Crippen molar-refractivity contribution in [2.24, 2.45) is 33.7 Å². The minimum atomic E-state index is -1.19. The number of ketones is 1. The zero-order valence-corrected chi connectivity index (χ0v) is 23.1. The molecule has 5 rings (SSSR count). The molecule has 1 amide bonds. The fourth-order valence-electron chi connectivity index (χ4n) is 8.55. The molecule has 0 aromatic heterocycles. The van der Waals surface area contributed by atoms with Crippen molar-refractivity contribution in [1.29, 1.82) is 0 Å². The van der Waals surface area contributed by atoms with Crippen molar-refractivity contribution in [3.05, 3.63) is 47.5 Å². The summed E-state index contributed by atoms with van der Waals surface area (Å²) in [5.41, 5.74) is 1.19. The summed E-state index contributed by atoms with van der Waals surface area (Å²) in [6, 6.07) is 7.40. The molecule has 39 heavy (non-hydrogen) atoms. The number of benzene rings is 1. The van der Waals surface area contributed by atoms with E-state index in [1.807, 2.05) is 0 Å². The molecule has 0 aliphatic heterocycles. The van der Waals surface area contributed by atoms with Crippen molar-refractivity contribution in [3.8, 4) is 0 Å². The number of oxime groups is 1. The third-order valence-corrected chi connectivity index (χ3v) is 10.8. The highest BCUT2D eigenvalue weighted by Crippen LogP contribution is 2.67. The summed E-state index contributed by atoms with van der Waals surface area (Å²) in [4.78, 5) is 41.9. The molecule has 1 aromatic carbocycles. The number of nitrogens with one attached hydrogen (secondary N) is 1. The Bertz CT molecular complexity index is 1210. The number of hydrogen-bond acceptors (Lipinski definition) is 6. The summed E-state index contributed by atoms with van der Waals surface area (Å²) < 4.78 is 0. The first-order valence-electron chi connectivity index (χ1n) is 14.2. The number of fused-ring (bicyclic) bond motifs is 5. The zero-order valence-electron chi connectivity index (χ0n) is 23.1. The van der Waals surface area contributed by atoms with E-state index >= 15 is 0 Å². The maximum Gasteiger partial charge on any atom is 0.330 e. The molecule has 0 saturated heterocycles. The molecule has 0 unspecified atom stereocenters. The number of amides is 1. The first-order chi connectivity index (χ1) is 18.5. The predicted octanol–water partition coefficient (Wildman–Crippen LogP) is 4.58. The van der Waals surface area contributed by atoms with Gasteiger partial charge in [0.1, 0.15) is 5.60 Å². The molecule has 7 atom stereocenters. The van der Waals surface area contributed by atoms with Gasteiger partial charge in [0, 0.05) is 5.41 Å². The van der Waals surface area contributed by atoms with Crippen LogP contribution in [0.5, 0.6) is 0 Å². The Balaban J connectivity index is 1.23. The van der Waals surface area contributed by atoms with Crippen molar-refractivity contribution in [1.82, 2.24) is 5.32 Å². The molecule has 210 valence electrons. The fourth-order valence-corrected chi connectivity index (χ4v) is 8.55. The second-order valence-corrected chi connectivity index (χ2v) is 12.5. The number of carboxylic acids is 1. The predicted molar refractivity (Wildman–Crippen MR) is 146 cm³/mol. The van der Waals surface area contributed by atoms with Gasteiger partial charge in [0.2, 0.25) is 0 Å². The normalized spacial score (nSPS) is 37.1. The van der Waals surface area contributed by atoms with E-state index in [1.165, 1.54) is 5.57 Å². The van der Waals surface area contributed by atoms with Gasteiger partial charge < -0.3 is 20.4 Å². The van der Waals surface area contributed by atoms with Gasteiger partial charge in [-0.1, -0.05) is 54.9 Å². The lowest BCUT2D eigenvalue weighted by molar-refractivity contribution is -0.159. The molecule has 0 bridgehead atoms. The number of Topliss-reactive ketones (excluding diaryl/α,β-unsaturated/α-hetero) is 1. The van der Waals surface area contributed by atoms with Crippen LogP contribution in [0.25, 0.3) is 0 Å². The van der Waals surface area contributed by atoms with Crippen LogP contribution >= 0.6 is 0 Å². The van der Waals surface area contributed by atoms with Crippen molar-refractivity contribution in [2.75, 3.05) is 6.61 Å². The van der Waals surface area contributed by atoms with E-state index in [-0.39, 0.29) is 23.2 Å². The van der Waals surface area contributed by atoms with Crippen molar-refractivity contribution < 1.29 is 29.4 Å². The molecule has 1 aromatic rings. The summed E-state index contributed by atoms with van der Waals surface area (Å²) in [6.07, 6.45) is 9.21. The van der Waals surface area contributed by atoms with E-state index in [4.69, 9.17) is 4.84 Å². The average Bonchev–Trinajstić information content (AvgIpc) is 3.19. The molecule has 0 radical (unpaired) electrons. The molecule has 8 heteroatoms. The second kappa shape index (κ2) is 10.2. The Morgan fingerprint density at radius 3 is 2.46 bits per heavy atom. The Hall–Kier alpha value is -3.00. The highest BCUT2D eigenvalue weighted by molar-refractivity contribution is 5.96. The highest BCUT2D eigenvalue weighted by atomic mass is 16.6. The molecule has 4 aliphatic rings. The average molecular weight is 537 g/mol. The van der Waals surface area contributed by atoms with E-state index < -0.39 is 23.5 Å².